The van der Waals surface area contributed by atoms with E-state index in [1.54, 1.807) is 24.8 Å². The van der Waals surface area contributed by atoms with E-state index in [9.17, 15) is 0 Å². The van der Waals surface area contributed by atoms with E-state index in [4.69, 9.17) is 22.1 Å². The summed E-state index contributed by atoms with van der Waals surface area (Å²) < 4.78 is 0. The SMILES string of the molecule is [Mn+2].[N-]=[N+]=[N-].[N-]=[N+]=[N-].c1ccc(-c2ccccn2)nc1.c1ccc(-c2ccccn2)nc1. The van der Waals surface area contributed by atoms with Gasteiger partial charge < -0.3 is 22.1 Å². The topological polar surface area (TPSA) is 169 Å². The van der Waals surface area contributed by atoms with Gasteiger partial charge in [-0.25, -0.2) is 0 Å². The molecule has 4 rings (SSSR count). The van der Waals surface area contributed by atoms with Crippen molar-refractivity contribution in [3.05, 3.63) is 130 Å². The van der Waals surface area contributed by atoms with Crippen molar-refractivity contribution in [1.82, 2.24) is 19.9 Å². The van der Waals surface area contributed by atoms with Gasteiger partial charge in [0, 0.05) is 24.8 Å². The number of aromatic nitrogens is 4. The zero-order chi connectivity index (χ0) is 21.9. The van der Waals surface area contributed by atoms with Gasteiger partial charge in [-0.15, -0.1) is 0 Å². The average molecular weight is 451 g/mol. The van der Waals surface area contributed by atoms with Gasteiger partial charge in [-0.1, -0.05) is 24.3 Å². The molecule has 0 fully saturated rings. The second kappa shape index (κ2) is 17.8. The van der Waals surface area contributed by atoms with Crippen LogP contribution in [0.4, 0.5) is 0 Å². The van der Waals surface area contributed by atoms with Crippen molar-refractivity contribution in [1.29, 1.82) is 0 Å². The fraction of sp³-hybridized carbons (Fsp3) is 0. The maximum absolute atomic E-state index is 6.75. The van der Waals surface area contributed by atoms with Gasteiger partial charge in [0.15, 0.2) is 0 Å². The summed E-state index contributed by atoms with van der Waals surface area (Å²) in [6.45, 7) is 0. The molecule has 0 aromatic carbocycles. The molecule has 0 aliphatic carbocycles. The van der Waals surface area contributed by atoms with E-state index in [0.717, 1.165) is 22.8 Å². The van der Waals surface area contributed by atoms with Crippen LogP contribution in [0.1, 0.15) is 0 Å². The van der Waals surface area contributed by atoms with E-state index in [0.29, 0.717) is 0 Å². The van der Waals surface area contributed by atoms with Crippen LogP contribution >= 0.6 is 0 Å². The van der Waals surface area contributed by atoms with Crippen LogP contribution in [0.25, 0.3) is 54.7 Å². The molecule has 11 heteroatoms. The van der Waals surface area contributed by atoms with Gasteiger partial charge >= 0.3 is 17.1 Å². The summed E-state index contributed by atoms with van der Waals surface area (Å²) in [4.78, 5) is 19.7. The third-order valence-electron chi connectivity index (χ3n) is 3.18. The van der Waals surface area contributed by atoms with Crippen LogP contribution in [0, 0.1) is 0 Å². The van der Waals surface area contributed by atoms with Gasteiger partial charge in [0.1, 0.15) is 0 Å². The standard InChI is InChI=1S/2C10H8N2.Mn.2N3/c2*1-3-7-11-9(5-1)10-6-2-4-8-12-10;;2*1-3-2/h2*1-8H;;;/q;;+2;2*-1. The normalized spacial score (nSPS) is 8.00. The van der Waals surface area contributed by atoms with Gasteiger partial charge in [-0.3, -0.25) is 29.8 Å². The van der Waals surface area contributed by atoms with Crippen molar-refractivity contribution in [2.45, 2.75) is 0 Å². The third kappa shape index (κ3) is 11.4. The van der Waals surface area contributed by atoms with Crippen molar-refractivity contribution >= 4 is 0 Å². The smallest absolute Gasteiger partial charge is 0.373 e. The van der Waals surface area contributed by atoms with Gasteiger partial charge in [-0.05, 0) is 48.5 Å². The zero-order valence-electron chi connectivity index (χ0n) is 16.1. The minimum Gasteiger partial charge on any atom is -0.373 e. The monoisotopic (exact) mass is 451 g/mol. The van der Waals surface area contributed by atoms with Gasteiger partial charge in [-0.2, -0.15) is 0 Å². The Hall–Kier alpha value is -4.26. The summed E-state index contributed by atoms with van der Waals surface area (Å²) >= 11 is 0. The Morgan fingerprint density at radius 3 is 0.742 bits per heavy atom. The van der Waals surface area contributed by atoms with E-state index in [1.807, 2.05) is 72.8 Å². The molecule has 153 valence electrons. The second-order valence-corrected chi connectivity index (χ2v) is 5.04. The minimum atomic E-state index is 0. The van der Waals surface area contributed by atoms with Crippen LogP contribution in [0.5, 0.6) is 0 Å². The molecule has 0 aliphatic heterocycles. The summed E-state index contributed by atoms with van der Waals surface area (Å²) in [6, 6.07) is 23.2. The fourth-order valence-corrected chi connectivity index (χ4v) is 2.06. The van der Waals surface area contributed by atoms with Crippen LogP contribution in [-0.2, 0) is 17.1 Å². The first-order valence-corrected chi connectivity index (χ1v) is 8.38. The molecule has 4 heterocycles. The quantitative estimate of drug-likeness (QED) is 0.157. The number of pyridine rings is 4. The first kappa shape index (κ1) is 26.7. The minimum absolute atomic E-state index is 0. The van der Waals surface area contributed by atoms with E-state index in [1.165, 1.54) is 9.82 Å². The molecule has 0 atom stereocenters. The van der Waals surface area contributed by atoms with Crippen molar-refractivity contribution in [3.8, 4) is 22.8 Å². The maximum atomic E-state index is 6.75. The van der Waals surface area contributed by atoms with Crippen molar-refractivity contribution in [2.75, 3.05) is 0 Å². The molecule has 0 N–H and O–H groups in total. The molecule has 0 unspecified atom stereocenters. The Bertz CT molecular complexity index is 859. The zero-order valence-corrected chi connectivity index (χ0v) is 17.3. The first-order valence-electron chi connectivity index (χ1n) is 8.38. The molecule has 4 aromatic heterocycles. The Labute approximate surface area is 189 Å². The maximum Gasteiger partial charge on any atom is 2.00 e. The van der Waals surface area contributed by atoms with E-state index in [-0.39, 0.29) is 17.1 Å². The second-order valence-electron chi connectivity index (χ2n) is 5.04. The summed E-state index contributed by atoms with van der Waals surface area (Å²) in [6.07, 6.45) is 7.07. The Morgan fingerprint density at radius 2 is 0.613 bits per heavy atom. The van der Waals surface area contributed by atoms with E-state index < -0.39 is 0 Å². The first-order chi connectivity index (χ1) is 14.8. The van der Waals surface area contributed by atoms with Crippen LogP contribution in [0.2, 0.25) is 0 Å². The summed E-state index contributed by atoms with van der Waals surface area (Å²) in [5.41, 5.74) is 30.7. The molecule has 0 aliphatic rings. The molecule has 10 nitrogen and oxygen atoms in total. The predicted octanol–water partition coefficient (Wildman–Crippen LogP) is 6.02. The molecular weight excluding hydrogens is 435 g/mol. The third-order valence-corrected chi connectivity index (χ3v) is 3.18. The molecule has 0 amide bonds. The van der Waals surface area contributed by atoms with Crippen molar-refractivity contribution in [3.63, 3.8) is 0 Å². The van der Waals surface area contributed by atoms with Gasteiger partial charge in [0.05, 0.1) is 22.8 Å². The van der Waals surface area contributed by atoms with E-state index in [2.05, 4.69) is 19.9 Å². The predicted molar refractivity (Wildman–Crippen MR) is 115 cm³/mol. The number of rotatable bonds is 2. The largest absolute Gasteiger partial charge is 2.00 e. The van der Waals surface area contributed by atoms with Crippen LogP contribution in [-0.4, -0.2) is 19.9 Å². The molecule has 0 saturated heterocycles. The molecular formula is C20H16MnN10. The van der Waals surface area contributed by atoms with Crippen LogP contribution < -0.4 is 0 Å². The number of hydrogen-bond donors (Lipinski definition) is 0. The number of nitrogens with zero attached hydrogens (tertiary/aromatic N) is 10. The van der Waals surface area contributed by atoms with Crippen LogP contribution in [0.15, 0.2) is 97.6 Å². The summed E-state index contributed by atoms with van der Waals surface area (Å²) in [7, 11) is 0. The van der Waals surface area contributed by atoms with Gasteiger partial charge in [0.25, 0.3) is 0 Å². The van der Waals surface area contributed by atoms with E-state index >= 15 is 0 Å². The molecule has 0 saturated carbocycles. The molecule has 1 radical (unpaired) electrons. The Morgan fingerprint density at radius 1 is 0.419 bits per heavy atom. The summed E-state index contributed by atoms with van der Waals surface area (Å²) in [5.74, 6) is 0. The summed E-state index contributed by atoms with van der Waals surface area (Å²) in [5, 5.41) is 0. The molecule has 4 aromatic rings. The van der Waals surface area contributed by atoms with Crippen molar-refractivity contribution in [2.24, 2.45) is 0 Å². The molecule has 0 spiro atoms. The number of hydrogen-bond acceptors (Lipinski definition) is 4. The van der Waals surface area contributed by atoms with Crippen LogP contribution in [0.3, 0.4) is 0 Å². The Balaban J connectivity index is 0.000000453. The Kier molecular flexibility index (Phi) is 15.4. The average Bonchev–Trinajstić information content (AvgIpc) is 2.83. The van der Waals surface area contributed by atoms with Gasteiger partial charge in [0.2, 0.25) is 0 Å². The fourth-order valence-electron chi connectivity index (χ4n) is 2.06. The molecule has 0 bridgehead atoms. The molecule has 31 heavy (non-hydrogen) atoms. The van der Waals surface area contributed by atoms with Crippen molar-refractivity contribution < 1.29 is 17.1 Å².